The monoisotopic (exact) mass is 468 g/mol. The molecule has 6 heteroatoms. The van der Waals surface area contributed by atoms with Crippen molar-refractivity contribution in [3.8, 4) is 0 Å². The molecule has 0 heterocycles. The third-order valence-corrected chi connectivity index (χ3v) is 11.1. The first-order valence-corrected chi connectivity index (χ1v) is 14.1. The zero-order valence-corrected chi connectivity index (χ0v) is 20.2. The fraction of sp³-hybridized carbons (Fsp3) is 0.857. The Morgan fingerprint density at radius 3 is 1.03 bits per heavy atom. The Balaban J connectivity index is 1.36. The molecule has 0 bridgehead atoms. The molecule has 12 unspecified atom stereocenters. The van der Waals surface area contributed by atoms with E-state index in [1.54, 1.807) is 0 Å². The van der Waals surface area contributed by atoms with E-state index >= 15 is 0 Å². The van der Waals surface area contributed by atoms with Gasteiger partial charge in [-0.05, 0) is 63.2 Å². The van der Waals surface area contributed by atoms with E-state index in [4.69, 9.17) is 11.5 Å². The van der Waals surface area contributed by atoms with Gasteiger partial charge in [0.25, 0.3) is 0 Å². The predicted molar refractivity (Wildman–Crippen MR) is 126 cm³/mol. The highest BCUT2D eigenvalue weighted by molar-refractivity contribution is 6.02. The third-order valence-electron chi connectivity index (χ3n) is 11.1. The van der Waals surface area contributed by atoms with Gasteiger partial charge in [0.1, 0.15) is 23.1 Å². The van der Waals surface area contributed by atoms with Gasteiger partial charge in [-0.15, -0.1) is 0 Å². The van der Waals surface area contributed by atoms with Crippen LogP contribution < -0.4 is 11.5 Å². The van der Waals surface area contributed by atoms with E-state index in [0.29, 0.717) is 0 Å². The van der Waals surface area contributed by atoms with Crippen LogP contribution in [0.2, 0.25) is 0 Å². The Morgan fingerprint density at radius 2 is 0.706 bits per heavy atom. The van der Waals surface area contributed by atoms with Crippen molar-refractivity contribution in [1.29, 1.82) is 0 Å². The number of hydrogen-bond acceptors (Lipinski definition) is 6. The molecule has 6 saturated carbocycles. The second-order valence-corrected chi connectivity index (χ2v) is 12.5. The van der Waals surface area contributed by atoms with Gasteiger partial charge in [0.2, 0.25) is 0 Å². The molecule has 6 fully saturated rings. The van der Waals surface area contributed by atoms with E-state index in [9.17, 15) is 19.2 Å². The molecule has 12 atom stereocenters. The first kappa shape index (κ1) is 23.0. The van der Waals surface area contributed by atoms with E-state index in [1.165, 1.54) is 0 Å². The van der Waals surface area contributed by atoms with Gasteiger partial charge in [-0.2, -0.15) is 0 Å². The fourth-order valence-electron chi connectivity index (χ4n) is 9.68. The fourth-order valence-corrected chi connectivity index (χ4v) is 9.68. The molecule has 6 aliphatic carbocycles. The van der Waals surface area contributed by atoms with Crippen LogP contribution in [0.5, 0.6) is 0 Å². The Morgan fingerprint density at radius 1 is 0.412 bits per heavy atom. The molecule has 0 aromatic carbocycles. The van der Waals surface area contributed by atoms with Crippen LogP contribution in [0.25, 0.3) is 0 Å². The van der Waals surface area contributed by atoms with Crippen molar-refractivity contribution in [1.82, 2.24) is 0 Å². The lowest BCUT2D eigenvalue weighted by Gasteiger charge is -2.55. The van der Waals surface area contributed by atoms with Crippen LogP contribution in [0.4, 0.5) is 0 Å². The molecule has 186 valence electrons. The van der Waals surface area contributed by atoms with Crippen LogP contribution in [-0.4, -0.2) is 35.2 Å². The third kappa shape index (κ3) is 3.27. The molecule has 6 rings (SSSR count). The first-order chi connectivity index (χ1) is 16.4. The van der Waals surface area contributed by atoms with E-state index in [0.717, 1.165) is 77.0 Å². The van der Waals surface area contributed by atoms with E-state index < -0.39 is 11.8 Å². The summed E-state index contributed by atoms with van der Waals surface area (Å²) >= 11 is 0. The lowest BCUT2D eigenvalue weighted by Crippen LogP contribution is -2.63. The molecule has 6 nitrogen and oxygen atoms in total. The SMILES string of the molecule is NC1CCC(C2CCC(N)C3C(=O)C4CCCCC4C(=O)C23)C2C(=O)C3CCCCC3C(=O)C12. The van der Waals surface area contributed by atoms with Crippen LogP contribution in [-0.2, 0) is 19.2 Å². The number of nitrogens with two attached hydrogens (primary N) is 2. The van der Waals surface area contributed by atoms with Crippen molar-refractivity contribution in [2.45, 2.75) is 89.1 Å². The largest absolute Gasteiger partial charge is 0.327 e. The normalized spacial score (nSPS) is 51.2. The van der Waals surface area contributed by atoms with Gasteiger partial charge in [-0.25, -0.2) is 0 Å². The Bertz CT molecular complexity index is 829. The summed E-state index contributed by atoms with van der Waals surface area (Å²) in [7, 11) is 0. The summed E-state index contributed by atoms with van der Waals surface area (Å²) in [5.74, 6) is -1.33. The lowest BCUT2D eigenvalue weighted by molar-refractivity contribution is -0.163. The van der Waals surface area contributed by atoms with Gasteiger partial charge in [0.05, 0.1) is 0 Å². The number of carbonyl (C=O) groups is 4. The average Bonchev–Trinajstić information content (AvgIpc) is 2.86. The number of ketones is 4. The molecule has 0 aromatic heterocycles. The molecule has 0 saturated heterocycles. The molecule has 0 spiro atoms. The van der Waals surface area contributed by atoms with Crippen molar-refractivity contribution >= 4 is 23.1 Å². The minimum absolute atomic E-state index is 0.0268. The summed E-state index contributed by atoms with van der Waals surface area (Å²) in [6.45, 7) is 0. The van der Waals surface area contributed by atoms with Gasteiger partial charge in [-0.3, -0.25) is 19.2 Å². The molecule has 6 aliphatic rings. The summed E-state index contributed by atoms with van der Waals surface area (Å²) in [5.41, 5.74) is 13.1. The number of Topliss-reactive ketones (excluding diaryl/α,β-unsaturated/α-hetero) is 4. The van der Waals surface area contributed by atoms with Crippen molar-refractivity contribution in [2.75, 3.05) is 0 Å². The molecule has 0 radical (unpaired) electrons. The maximum atomic E-state index is 14.0. The van der Waals surface area contributed by atoms with E-state index in [1.807, 2.05) is 0 Å². The summed E-state index contributed by atoms with van der Waals surface area (Å²) in [5, 5.41) is 0. The van der Waals surface area contributed by atoms with Gasteiger partial charge >= 0.3 is 0 Å². The van der Waals surface area contributed by atoms with Gasteiger partial charge in [-0.1, -0.05) is 25.7 Å². The molecule has 0 aromatic rings. The second kappa shape index (κ2) is 8.62. The van der Waals surface area contributed by atoms with Crippen LogP contribution >= 0.6 is 0 Å². The highest BCUT2D eigenvalue weighted by Crippen LogP contribution is 2.56. The maximum absolute atomic E-state index is 14.0. The topological polar surface area (TPSA) is 120 Å². The number of hydrogen-bond donors (Lipinski definition) is 2. The summed E-state index contributed by atoms with van der Waals surface area (Å²) in [6.07, 6.45) is 10.3. The van der Waals surface area contributed by atoms with Crippen LogP contribution in [0.1, 0.15) is 77.0 Å². The zero-order chi connectivity index (χ0) is 23.7. The highest BCUT2D eigenvalue weighted by atomic mass is 16.2. The first-order valence-electron chi connectivity index (χ1n) is 14.1. The summed E-state index contributed by atoms with van der Waals surface area (Å²) in [6, 6.07) is -0.540. The van der Waals surface area contributed by atoms with Crippen molar-refractivity contribution in [3.63, 3.8) is 0 Å². The minimum atomic E-state index is -0.406. The van der Waals surface area contributed by atoms with Crippen LogP contribution in [0, 0.1) is 59.2 Å². The Kier molecular flexibility index (Phi) is 5.84. The number of carbonyl (C=O) groups excluding carboxylic acids is 4. The molecular weight excluding hydrogens is 428 g/mol. The summed E-state index contributed by atoms with van der Waals surface area (Å²) < 4.78 is 0. The van der Waals surface area contributed by atoms with Crippen molar-refractivity contribution in [3.05, 3.63) is 0 Å². The van der Waals surface area contributed by atoms with Gasteiger partial charge < -0.3 is 11.5 Å². The highest BCUT2D eigenvalue weighted by Gasteiger charge is 2.61. The average molecular weight is 469 g/mol. The lowest BCUT2D eigenvalue weighted by atomic mass is 9.47. The minimum Gasteiger partial charge on any atom is -0.327 e. The molecule has 34 heavy (non-hydrogen) atoms. The van der Waals surface area contributed by atoms with Crippen LogP contribution in [0.3, 0.4) is 0 Å². The standard InChI is InChI=1S/C28H40N2O4/c29-19-11-9-13(21-23(19)27(33)17-7-3-1-5-15(17)25(21)31)14-10-12-20(30)24-22(14)26(32)16-6-2-4-8-18(16)28(24)34/h13-24H,1-12,29-30H2. The molecule has 0 aliphatic heterocycles. The predicted octanol–water partition coefficient (Wildman–Crippen LogP) is 2.84. The van der Waals surface area contributed by atoms with Gasteiger partial charge in [0, 0.05) is 59.4 Å². The number of fused-ring (bicyclic) bond motifs is 4. The summed E-state index contributed by atoms with van der Waals surface area (Å²) in [4.78, 5) is 55.2. The zero-order valence-electron chi connectivity index (χ0n) is 20.2. The van der Waals surface area contributed by atoms with Gasteiger partial charge in [0.15, 0.2) is 0 Å². The maximum Gasteiger partial charge on any atom is 0.142 e. The molecular formula is C28H40N2O4. The Hall–Kier alpha value is -1.40. The smallest absolute Gasteiger partial charge is 0.142 e. The number of rotatable bonds is 1. The molecule has 0 amide bonds. The van der Waals surface area contributed by atoms with Crippen molar-refractivity contribution in [2.24, 2.45) is 70.6 Å². The quantitative estimate of drug-likeness (QED) is 0.610. The van der Waals surface area contributed by atoms with Crippen molar-refractivity contribution < 1.29 is 19.2 Å². The molecule has 4 N–H and O–H groups in total. The van der Waals surface area contributed by atoms with E-state index in [-0.39, 0.29) is 82.6 Å². The van der Waals surface area contributed by atoms with Crippen LogP contribution in [0.15, 0.2) is 0 Å². The second-order valence-electron chi connectivity index (χ2n) is 12.5. The van der Waals surface area contributed by atoms with E-state index in [2.05, 4.69) is 0 Å². The Labute approximate surface area is 202 Å².